The molecule has 0 bridgehead atoms. The summed E-state index contributed by atoms with van der Waals surface area (Å²) in [5.41, 5.74) is 1.67. The molecule has 0 aliphatic carbocycles. The van der Waals surface area contributed by atoms with Crippen LogP contribution in [-0.2, 0) is 15.3 Å². The summed E-state index contributed by atoms with van der Waals surface area (Å²) in [6, 6.07) is 13.7. The second-order valence-electron chi connectivity index (χ2n) is 4.82. The molecule has 0 aliphatic rings. The molecule has 0 spiro atoms. The van der Waals surface area contributed by atoms with Gasteiger partial charge in [0, 0.05) is 30.7 Å². The van der Waals surface area contributed by atoms with Crippen molar-refractivity contribution in [1.29, 1.82) is 0 Å². The van der Waals surface area contributed by atoms with Crippen LogP contribution in [0.15, 0.2) is 47.4 Å². The van der Waals surface area contributed by atoms with E-state index < -0.39 is 5.79 Å². The topological polar surface area (TPSA) is 36.9 Å². The van der Waals surface area contributed by atoms with Crippen molar-refractivity contribution < 1.29 is 18.9 Å². The molecule has 5 heteroatoms. The summed E-state index contributed by atoms with van der Waals surface area (Å²) < 4.78 is 22.4. The Morgan fingerprint density at radius 1 is 0.826 bits per heavy atom. The average molecular weight is 334 g/mol. The molecule has 23 heavy (non-hydrogen) atoms. The molecule has 0 N–H and O–H groups in total. The Bertz CT molecular complexity index is 636. The number of benzene rings is 2. The smallest absolute Gasteiger partial charge is 0.225 e. The van der Waals surface area contributed by atoms with E-state index >= 15 is 0 Å². The van der Waals surface area contributed by atoms with Gasteiger partial charge in [-0.1, -0.05) is 12.1 Å². The van der Waals surface area contributed by atoms with Gasteiger partial charge in [0.15, 0.2) is 0 Å². The van der Waals surface area contributed by atoms with Gasteiger partial charge in [0.05, 0.1) is 19.8 Å². The number of hydrogen-bond acceptors (Lipinski definition) is 5. The Labute approximate surface area is 141 Å². The Hall–Kier alpha value is -1.69. The molecule has 0 fully saturated rings. The molecule has 2 rings (SSSR count). The standard InChI is InChI=1S/C18H22O4S/c1-19-14-8-11-16(17(12-14)20-2)18(21-3,22-4)13-6-9-15(23-5)10-7-13/h6-12H,1-5H3. The third-order valence-electron chi connectivity index (χ3n) is 3.81. The van der Waals surface area contributed by atoms with E-state index in [4.69, 9.17) is 18.9 Å². The first-order valence-electron chi connectivity index (χ1n) is 7.12. The lowest BCUT2D eigenvalue weighted by atomic mass is 9.96. The van der Waals surface area contributed by atoms with Gasteiger partial charge in [0.1, 0.15) is 11.5 Å². The van der Waals surface area contributed by atoms with E-state index in [1.807, 2.05) is 48.7 Å². The zero-order valence-electron chi connectivity index (χ0n) is 14.1. The monoisotopic (exact) mass is 334 g/mol. The highest BCUT2D eigenvalue weighted by Gasteiger charge is 2.37. The fourth-order valence-corrected chi connectivity index (χ4v) is 2.98. The fraction of sp³-hybridized carbons (Fsp3) is 0.333. The van der Waals surface area contributed by atoms with Gasteiger partial charge in [-0.15, -0.1) is 11.8 Å². The van der Waals surface area contributed by atoms with E-state index in [0.717, 1.165) is 11.1 Å². The Balaban J connectivity index is 2.60. The lowest BCUT2D eigenvalue weighted by Gasteiger charge is -2.33. The molecule has 2 aromatic carbocycles. The van der Waals surface area contributed by atoms with Crippen LogP contribution in [0.1, 0.15) is 11.1 Å². The molecule has 0 heterocycles. The van der Waals surface area contributed by atoms with Crippen molar-refractivity contribution in [2.45, 2.75) is 10.7 Å². The highest BCUT2D eigenvalue weighted by molar-refractivity contribution is 7.98. The molecule has 2 aromatic rings. The first kappa shape index (κ1) is 17.7. The number of hydrogen-bond donors (Lipinski definition) is 0. The van der Waals surface area contributed by atoms with Crippen molar-refractivity contribution in [2.75, 3.05) is 34.7 Å². The maximum absolute atomic E-state index is 5.80. The average Bonchev–Trinajstić information content (AvgIpc) is 2.63. The summed E-state index contributed by atoms with van der Waals surface area (Å²) in [5.74, 6) is 0.306. The zero-order chi connectivity index (χ0) is 16.9. The number of rotatable bonds is 7. The van der Waals surface area contributed by atoms with Gasteiger partial charge in [-0.2, -0.15) is 0 Å². The molecule has 0 unspecified atom stereocenters. The van der Waals surface area contributed by atoms with E-state index in [9.17, 15) is 0 Å². The highest BCUT2D eigenvalue weighted by atomic mass is 32.2. The van der Waals surface area contributed by atoms with E-state index in [-0.39, 0.29) is 0 Å². The van der Waals surface area contributed by atoms with Gasteiger partial charge < -0.3 is 18.9 Å². The molecular formula is C18H22O4S. The molecule has 0 amide bonds. The summed E-state index contributed by atoms with van der Waals surface area (Å²) in [6.45, 7) is 0. The molecular weight excluding hydrogens is 312 g/mol. The lowest BCUT2D eigenvalue weighted by molar-refractivity contribution is -0.184. The van der Waals surface area contributed by atoms with Crippen molar-refractivity contribution in [3.63, 3.8) is 0 Å². The normalized spacial score (nSPS) is 11.3. The third-order valence-corrected chi connectivity index (χ3v) is 4.55. The third kappa shape index (κ3) is 3.32. The van der Waals surface area contributed by atoms with Crippen LogP contribution in [-0.4, -0.2) is 34.7 Å². The fourth-order valence-electron chi connectivity index (χ4n) is 2.58. The molecule has 0 saturated heterocycles. The molecule has 0 radical (unpaired) electrons. The van der Waals surface area contributed by atoms with Crippen molar-refractivity contribution in [3.05, 3.63) is 53.6 Å². The summed E-state index contributed by atoms with van der Waals surface area (Å²) in [5, 5.41) is 0. The van der Waals surface area contributed by atoms with Crippen molar-refractivity contribution in [3.8, 4) is 11.5 Å². The molecule has 4 nitrogen and oxygen atoms in total. The zero-order valence-corrected chi connectivity index (χ0v) is 14.9. The minimum atomic E-state index is -1.05. The van der Waals surface area contributed by atoms with Gasteiger partial charge >= 0.3 is 0 Å². The van der Waals surface area contributed by atoms with E-state index in [0.29, 0.717) is 11.5 Å². The van der Waals surface area contributed by atoms with Gasteiger partial charge in [-0.05, 0) is 30.5 Å². The summed E-state index contributed by atoms with van der Waals surface area (Å²) in [6.07, 6.45) is 2.04. The molecule has 0 aromatic heterocycles. The van der Waals surface area contributed by atoms with Gasteiger partial charge in [-0.3, -0.25) is 0 Å². The van der Waals surface area contributed by atoms with Crippen LogP contribution in [0.2, 0.25) is 0 Å². The first-order valence-corrected chi connectivity index (χ1v) is 8.35. The Morgan fingerprint density at radius 2 is 1.48 bits per heavy atom. The van der Waals surface area contributed by atoms with E-state index in [1.54, 1.807) is 40.2 Å². The quantitative estimate of drug-likeness (QED) is 0.567. The van der Waals surface area contributed by atoms with Crippen LogP contribution in [0.25, 0.3) is 0 Å². The van der Waals surface area contributed by atoms with E-state index in [1.165, 1.54) is 4.90 Å². The summed E-state index contributed by atoms with van der Waals surface area (Å²) in [7, 11) is 6.48. The Kier molecular flexibility index (Phi) is 5.93. The van der Waals surface area contributed by atoms with Crippen molar-refractivity contribution >= 4 is 11.8 Å². The highest BCUT2D eigenvalue weighted by Crippen LogP contribution is 2.41. The second-order valence-corrected chi connectivity index (χ2v) is 5.70. The summed E-state index contributed by atoms with van der Waals surface area (Å²) >= 11 is 1.69. The van der Waals surface area contributed by atoms with Gasteiger partial charge in [-0.25, -0.2) is 0 Å². The molecule has 0 aliphatic heterocycles. The van der Waals surface area contributed by atoms with Crippen LogP contribution in [0.4, 0.5) is 0 Å². The van der Waals surface area contributed by atoms with Crippen LogP contribution < -0.4 is 9.47 Å². The minimum absolute atomic E-state index is 0.641. The van der Waals surface area contributed by atoms with Crippen molar-refractivity contribution in [1.82, 2.24) is 0 Å². The molecule has 124 valence electrons. The summed E-state index contributed by atoms with van der Waals surface area (Å²) in [4.78, 5) is 1.18. The molecule has 0 atom stereocenters. The second kappa shape index (κ2) is 7.73. The predicted molar refractivity (Wildman–Crippen MR) is 92.6 cm³/mol. The Morgan fingerprint density at radius 3 is 1.96 bits per heavy atom. The maximum Gasteiger partial charge on any atom is 0.225 e. The van der Waals surface area contributed by atoms with Crippen molar-refractivity contribution in [2.24, 2.45) is 0 Å². The largest absolute Gasteiger partial charge is 0.497 e. The SMILES string of the molecule is COc1ccc(C(OC)(OC)c2ccc(SC)cc2)c(OC)c1. The predicted octanol–water partition coefficient (Wildman–Crippen LogP) is 3.92. The number of methoxy groups -OCH3 is 4. The van der Waals surface area contributed by atoms with Gasteiger partial charge in [0.25, 0.3) is 0 Å². The van der Waals surface area contributed by atoms with Gasteiger partial charge in [0.2, 0.25) is 5.79 Å². The number of ether oxygens (including phenoxy) is 4. The van der Waals surface area contributed by atoms with Crippen LogP contribution >= 0.6 is 11.8 Å². The molecule has 0 saturated carbocycles. The van der Waals surface area contributed by atoms with Crippen LogP contribution in [0, 0.1) is 0 Å². The lowest BCUT2D eigenvalue weighted by Crippen LogP contribution is -2.32. The van der Waals surface area contributed by atoms with Crippen LogP contribution in [0.3, 0.4) is 0 Å². The van der Waals surface area contributed by atoms with Crippen LogP contribution in [0.5, 0.6) is 11.5 Å². The minimum Gasteiger partial charge on any atom is -0.497 e. The first-order chi connectivity index (χ1) is 11.1. The number of thioether (sulfide) groups is 1. The maximum atomic E-state index is 5.80. The van der Waals surface area contributed by atoms with E-state index in [2.05, 4.69) is 0 Å².